The molecule has 1 aromatic heterocycles. The minimum Gasteiger partial charge on any atom is -0.398 e. The fourth-order valence-electron chi connectivity index (χ4n) is 1.62. The lowest BCUT2D eigenvalue weighted by molar-refractivity contribution is 0.205. The predicted molar refractivity (Wildman–Crippen MR) is 58.3 cm³/mol. The molecule has 1 aliphatic heterocycles. The van der Waals surface area contributed by atoms with Gasteiger partial charge in [0.05, 0.1) is 6.04 Å². The number of nitrogens with two attached hydrogens (primary N) is 1. The Balaban J connectivity index is 2.00. The molecular weight excluding hydrogens is 176 g/mol. The highest BCUT2D eigenvalue weighted by atomic mass is 15.2. The van der Waals surface area contributed by atoms with Gasteiger partial charge in [0.25, 0.3) is 0 Å². The van der Waals surface area contributed by atoms with Gasteiger partial charge in [-0.25, -0.2) is 4.98 Å². The lowest BCUT2D eigenvalue weighted by atomic mass is 10.1. The number of nitrogens with zero attached hydrogens (tertiary/aromatic N) is 2. The summed E-state index contributed by atoms with van der Waals surface area (Å²) >= 11 is 0. The topological polar surface area (TPSA) is 54.2 Å². The van der Waals surface area contributed by atoms with Crippen molar-refractivity contribution < 1.29 is 0 Å². The summed E-state index contributed by atoms with van der Waals surface area (Å²) in [5.74, 6) is 0.881. The van der Waals surface area contributed by atoms with Crippen LogP contribution in [0.5, 0.6) is 0 Å². The van der Waals surface area contributed by atoms with Gasteiger partial charge in [-0.3, -0.25) is 0 Å². The zero-order valence-corrected chi connectivity index (χ0v) is 8.62. The average Bonchev–Trinajstić information content (AvgIpc) is 2.09. The van der Waals surface area contributed by atoms with E-state index in [-0.39, 0.29) is 0 Å². The number of hydrogen-bond donors (Lipinski definition) is 2. The molecule has 0 unspecified atom stereocenters. The number of aromatic nitrogens is 1. The molecule has 3 N–H and O–H groups in total. The number of anilines is 2. The van der Waals surface area contributed by atoms with Gasteiger partial charge in [-0.05, 0) is 19.5 Å². The third-order valence-electron chi connectivity index (χ3n) is 2.56. The van der Waals surface area contributed by atoms with Gasteiger partial charge in [0.15, 0.2) is 0 Å². The third-order valence-corrected chi connectivity index (χ3v) is 2.56. The zero-order valence-electron chi connectivity index (χ0n) is 8.62. The van der Waals surface area contributed by atoms with Crippen LogP contribution in [0, 0.1) is 6.92 Å². The van der Waals surface area contributed by atoms with Gasteiger partial charge in [0.1, 0.15) is 5.82 Å². The molecule has 0 aliphatic carbocycles. The number of nitrogens with one attached hydrogen (secondary N) is 1. The first-order valence-electron chi connectivity index (χ1n) is 4.82. The Labute approximate surface area is 84.1 Å². The van der Waals surface area contributed by atoms with Crippen molar-refractivity contribution in [1.29, 1.82) is 0 Å². The Kier molecular flexibility index (Phi) is 2.29. The van der Waals surface area contributed by atoms with E-state index in [9.17, 15) is 0 Å². The molecule has 4 heteroatoms. The molecule has 0 amide bonds. The number of nitrogen functional groups attached to an aromatic ring is 1. The summed E-state index contributed by atoms with van der Waals surface area (Å²) in [6, 6.07) is 2.42. The number of likely N-dealkylation sites (tertiary alicyclic amines) is 1. The lowest BCUT2D eigenvalue weighted by Crippen LogP contribution is -2.52. The number of likely N-dealkylation sites (N-methyl/N-ethyl adjacent to an activating group) is 1. The van der Waals surface area contributed by atoms with E-state index in [4.69, 9.17) is 5.73 Å². The summed E-state index contributed by atoms with van der Waals surface area (Å²) in [4.78, 5) is 6.54. The Morgan fingerprint density at radius 2 is 2.29 bits per heavy atom. The molecule has 1 saturated heterocycles. The van der Waals surface area contributed by atoms with Crippen molar-refractivity contribution in [3.63, 3.8) is 0 Å². The van der Waals surface area contributed by atoms with Crippen LogP contribution in [0.1, 0.15) is 5.56 Å². The monoisotopic (exact) mass is 192 g/mol. The van der Waals surface area contributed by atoms with E-state index in [1.54, 1.807) is 6.20 Å². The Bertz CT molecular complexity index is 331. The van der Waals surface area contributed by atoms with E-state index in [2.05, 4.69) is 22.2 Å². The molecule has 0 bridgehead atoms. The minimum atomic E-state index is 0.523. The number of rotatable bonds is 2. The van der Waals surface area contributed by atoms with Crippen LogP contribution in [0.2, 0.25) is 0 Å². The summed E-state index contributed by atoms with van der Waals surface area (Å²) in [7, 11) is 2.11. The second-order valence-electron chi connectivity index (χ2n) is 3.99. The number of hydrogen-bond acceptors (Lipinski definition) is 4. The van der Waals surface area contributed by atoms with Crippen molar-refractivity contribution in [3.8, 4) is 0 Å². The quantitative estimate of drug-likeness (QED) is 0.724. The van der Waals surface area contributed by atoms with Gasteiger partial charge in [-0.2, -0.15) is 0 Å². The van der Waals surface area contributed by atoms with E-state index < -0.39 is 0 Å². The molecule has 1 aliphatic rings. The smallest absolute Gasteiger partial charge is 0.128 e. The van der Waals surface area contributed by atoms with Crippen molar-refractivity contribution in [2.45, 2.75) is 13.0 Å². The molecule has 1 aromatic rings. The van der Waals surface area contributed by atoms with Crippen LogP contribution in [0.4, 0.5) is 11.5 Å². The first-order valence-corrected chi connectivity index (χ1v) is 4.82. The highest BCUT2D eigenvalue weighted by Gasteiger charge is 2.22. The van der Waals surface area contributed by atoms with E-state index >= 15 is 0 Å². The highest BCUT2D eigenvalue weighted by Crippen LogP contribution is 2.16. The van der Waals surface area contributed by atoms with Gasteiger partial charge in [-0.1, -0.05) is 0 Å². The molecule has 0 saturated carbocycles. The van der Waals surface area contributed by atoms with E-state index in [1.165, 1.54) is 0 Å². The Hall–Kier alpha value is -1.29. The van der Waals surface area contributed by atoms with Gasteiger partial charge < -0.3 is 16.0 Å². The van der Waals surface area contributed by atoms with Crippen LogP contribution in [0.15, 0.2) is 12.3 Å². The molecule has 0 radical (unpaired) electrons. The Morgan fingerprint density at radius 1 is 1.57 bits per heavy atom. The molecule has 4 nitrogen and oxygen atoms in total. The molecule has 14 heavy (non-hydrogen) atoms. The summed E-state index contributed by atoms with van der Waals surface area (Å²) < 4.78 is 0. The highest BCUT2D eigenvalue weighted by molar-refractivity contribution is 5.53. The molecule has 1 fully saturated rings. The molecule has 2 heterocycles. The molecule has 0 spiro atoms. The third kappa shape index (κ3) is 1.80. The SMILES string of the molecule is Cc1cnc(NC2CN(C)C2)cc1N. The summed E-state index contributed by atoms with van der Waals surface area (Å²) in [5.41, 5.74) is 7.62. The molecular formula is C10H16N4. The summed E-state index contributed by atoms with van der Waals surface area (Å²) in [6.45, 7) is 4.12. The fraction of sp³-hybridized carbons (Fsp3) is 0.500. The van der Waals surface area contributed by atoms with Crippen LogP contribution < -0.4 is 11.1 Å². The first-order chi connectivity index (χ1) is 6.65. The van der Waals surface area contributed by atoms with Crippen molar-refractivity contribution >= 4 is 11.5 Å². The van der Waals surface area contributed by atoms with Crippen LogP contribution in [0.25, 0.3) is 0 Å². The van der Waals surface area contributed by atoms with Gasteiger partial charge in [-0.15, -0.1) is 0 Å². The van der Waals surface area contributed by atoms with Crippen molar-refractivity contribution in [2.75, 3.05) is 31.2 Å². The standard InChI is InChI=1S/C10H16N4/c1-7-4-12-10(3-9(7)11)13-8-5-14(2)6-8/h3-4,8H,5-6H2,1-2H3,(H3,11,12,13). The van der Waals surface area contributed by atoms with Crippen LogP contribution >= 0.6 is 0 Å². The van der Waals surface area contributed by atoms with Crippen molar-refractivity contribution in [1.82, 2.24) is 9.88 Å². The van der Waals surface area contributed by atoms with Crippen LogP contribution in [-0.2, 0) is 0 Å². The largest absolute Gasteiger partial charge is 0.398 e. The van der Waals surface area contributed by atoms with Gasteiger partial charge >= 0.3 is 0 Å². The average molecular weight is 192 g/mol. The minimum absolute atomic E-state index is 0.523. The van der Waals surface area contributed by atoms with Crippen molar-refractivity contribution in [3.05, 3.63) is 17.8 Å². The van der Waals surface area contributed by atoms with Crippen molar-refractivity contribution in [2.24, 2.45) is 0 Å². The second kappa shape index (κ2) is 3.46. The van der Waals surface area contributed by atoms with E-state index in [0.29, 0.717) is 6.04 Å². The lowest BCUT2D eigenvalue weighted by Gasteiger charge is -2.36. The first kappa shape index (κ1) is 9.27. The fourth-order valence-corrected chi connectivity index (χ4v) is 1.62. The second-order valence-corrected chi connectivity index (χ2v) is 3.99. The predicted octanol–water partition coefficient (Wildman–Crippen LogP) is 0.698. The van der Waals surface area contributed by atoms with Gasteiger partial charge in [0.2, 0.25) is 0 Å². The zero-order chi connectivity index (χ0) is 10.1. The normalized spacial score (nSPS) is 17.9. The summed E-state index contributed by atoms with van der Waals surface area (Å²) in [6.07, 6.45) is 1.81. The summed E-state index contributed by atoms with van der Waals surface area (Å²) in [5, 5.41) is 3.34. The molecule has 0 aromatic carbocycles. The maximum absolute atomic E-state index is 5.79. The molecule has 0 atom stereocenters. The van der Waals surface area contributed by atoms with E-state index in [0.717, 1.165) is 30.2 Å². The number of aryl methyl sites for hydroxylation is 1. The Morgan fingerprint density at radius 3 is 2.86 bits per heavy atom. The van der Waals surface area contributed by atoms with Crippen LogP contribution in [0.3, 0.4) is 0 Å². The van der Waals surface area contributed by atoms with Crippen LogP contribution in [-0.4, -0.2) is 36.1 Å². The van der Waals surface area contributed by atoms with E-state index in [1.807, 2.05) is 13.0 Å². The maximum atomic E-state index is 5.79. The molecule has 2 rings (SSSR count). The number of pyridine rings is 1. The van der Waals surface area contributed by atoms with Gasteiger partial charge in [0, 0.05) is 31.0 Å². The molecule has 76 valence electrons. The maximum Gasteiger partial charge on any atom is 0.128 e.